The molecule has 3 rings (SSSR count). The van der Waals surface area contributed by atoms with Gasteiger partial charge in [0.2, 0.25) is 11.8 Å². The molecule has 1 aliphatic carbocycles. The third-order valence-corrected chi connectivity index (χ3v) is 5.12. The molecule has 2 fully saturated rings. The molecule has 2 heterocycles. The van der Waals surface area contributed by atoms with Gasteiger partial charge in [0.15, 0.2) is 0 Å². The zero-order chi connectivity index (χ0) is 18.7. The van der Waals surface area contributed by atoms with Crippen LogP contribution in [0.15, 0.2) is 6.33 Å². The highest BCUT2D eigenvalue weighted by molar-refractivity contribution is 5.80. The Morgan fingerprint density at radius 3 is 2.38 bits per heavy atom. The molecular weight excluding hydrogens is 353 g/mol. The quantitative estimate of drug-likeness (QED) is 0.778. The molecule has 0 bridgehead atoms. The summed E-state index contributed by atoms with van der Waals surface area (Å²) in [4.78, 5) is 28.0. The Kier molecular flexibility index (Phi) is 5.42. The van der Waals surface area contributed by atoms with E-state index in [1.54, 1.807) is 9.80 Å². The van der Waals surface area contributed by atoms with E-state index in [0.29, 0.717) is 39.0 Å². The van der Waals surface area contributed by atoms with E-state index in [1.165, 1.54) is 11.0 Å². The fourth-order valence-electron chi connectivity index (χ4n) is 3.64. The first-order valence-corrected chi connectivity index (χ1v) is 8.68. The maximum atomic E-state index is 12.9. The molecule has 144 valence electrons. The third-order valence-electron chi connectivity index (χ3n) is 5.12. The van der Waals surface area contributed by atoms with Gasteiger partial charge in [0.05, 0.1) is 5.92 Å². The molecule has 2 atom stereocenters. The van der Waals surface area contributed by atoms with Crippen molar-refractivity contribution < 1.29 is 22.8 Å². The number of tetrazole rings is 1. The summed E-state index contributed by atoms with van der Waals surface area (Å²) < 4.78 is 40.1. The third kappa shape index (κ3) is 4.31. The average molecular weight is 374 g/mol. The van der Waals surface area contributed by atoms with Crippen molar-refractivity contribution in [1.29, 1.82) is 0 Å². The van der Waals surface area contributed by atoms with Crippen LogP contribution in [-0.2, 0) is 16.1 Å². The van der Waals surface area contributed by atoms with Crippen LogP contribution in [0.3, 0.4) is 0 Å². The van der Waals surface area contributed by atoms with Crippen LogP contribution in [0.25, 0.3) is 0 Å². The highest BCUT2D eigenvalue weighted by atomic mass is 19.4. The molecule has 0 spiro atoms. The molecule has 2 aliphatic rings. The summed E-state index contributed by atoms with van der Waals surface area (Å²) in [5.41, 5.74) is 0. The highest BCUT2D eigenvalue weighted by Crippen LogP contribution is 2.40. The predicted molar refractivity (Wildman–Crippen MR) is 82.5 cm³/mol. The molecule has 1 saturated heterocycles. The first-order valence-electron chi connectivity index (χ1n) is 8.68. The van der Waals surface area contributed by atoms with E-state index in [2.05, 4.69) is 15.5 Å². The molecule has 26 heavy (non-hydrogen) atoms. The van der Waals surface area contributed by atoms with Gasteiger partial charge in [0, 0.05) is 32.1 Å². The summed E-state index contributed by atoms with van der Waals surface area (Å²) in [7, 11) is 0. The van der Waals surface area contributed by atoms with Crippen molar-refractivity contribution in [3.05, 3.63) is 6.33 Å². The zero-order valence-corrected chi connectivity index (χ0v) is 14.2. The second-order valence-corrected chi connectivity index (χ2v) is 6.82. The SMILES string of the molecule is O=C(Cn1cnnn1)N1CCN(C(=O)C2CCCC(C(F)(F)F)C2)CC1. The van der Waals surface area contributed by atoms with Gasteiger partial charge in [0.1, 0.15) is 12.9 Å². The Labute approximate surface area is 148 Å². The van der Waals surface area contributed by atoms with Crippen LogP contribution in [0.4, 0.5) is 13.2 Å². The summed E-state index contributed by atoms with van der Waals surface area (Å²) in [6.45, 7) is 1.43. The van der Waals surface area contributed by atoms with Gasteiger partial charge in [-0.3, -0.25) is 9.59 Å². The minimum absolute atomic E-state index is 0.0246. The Hall–Kier alpha value is -2.20. The van der Waals surface area contributed by atoms with Crippen molar-refractivity contribution in [2.75, 3.05) is 26.2 Å². The van der Waals surface area contributed by atoms with Gasteiger partial charge in [-0.1, -0.05) is 6.42 Å². The lowest BCUT2D eigenvalue weighted by molar-refractivity contribution is -0.187. The van der Waals surface area contributed by atoms with Crippen molar-refractivity contribution >= 4 is 11.8 Å². The van der Waals surface area contributed by atoms with E-state index in [1.807, 2.05) is 0 Å². The number of rotatable bonds is 3. The van der Waals surface area contributed by atoms with Crippen LogP contribution in [0, 0.1) is 11.8 Å². The molecule has 1 saturated carbocycles. The molecule has 8 nitrogen and oxygen atoms in total. The molecule has 2 unspecified atom stereocenters. The van der Waals surface area contributed by atoms with Crippen molar-refractivity contribution in [1.82, 2.24) is 30.0 Å². The first kappa shape index (κ1) is 18.6. The lowest BCUT2D eigenvalue weighted by Crippen LogP contribution is -2.53. The normalized spacial score (nSPS) is 24.6. The molecule has 2 amide bonds. The van der Waals surface area contributed by atoms with Crippen molar-refractivity contribution in [2.24, 2.45) is 11.8 Å². The number of hydrogen-bond donors (Lipinski definition) is 0. The molecule has 1 aromatic rings. The van der Waals surface area contributed by atoms with Gasteiger partial charge in [0.25, 0.3) is 0 Å². The van der Waals surface area contributed by atoms with E-state index in [0.717, 1.165) is 0 Å². The van der Waals surface area contributed by atoms with Gasteiger partial charge in [-0.05, 0) is 29.7 Å². The minimum Gasteiger partial charge on any atom is -0.339 e. The summed E-state index contributed by atoms with van der Waals surface area (Å²) in [6, 6.07) is 0. The molecule has 0 radical (unpaired) electrons. The van der Waals surface area contributed by atoms with E-state index < -0.39 is 18.0 Å². The second-order valence-electron chi connectivity index (χ2n) is 6.82. The van der Waals surface area contributed by atoms with E-state index >= 15 is 0 Å². The molecular formula is C15H21F3N6O2. The van der Waals surface area contributed by atoms with Crippen LogP contribution in [0.5, 0.6) is 0 Å². The number of piperazine rings is 1. The maximum absolute atomic E-state index is 12.9. The monoisotopic (exact) mass is 374 g/mol. The standard InChI is InChI=1S/C15H21F3N6O2/c16-15(17,18)12-3-1-2-11(8-12)14(26)23-6-4-22(5-7-23)13(25)9-24-10-19-20-21-24/h10-12H,1-9H2. The van der Waals surface area contributed by atoms with Gasteiger partial charge < -0.3 is 9.80 Å². The predicted octanol–water partition coefficient (Wildman–Crippen LogP) is 0.713. The van der Waals surface area contributed by atoms with E-state index in [-0.39, 0.29) is 31.2 Å². The molecule has 0 aromatic carbocycles. The summed E-state index contributed by atoms with van der Waals surface area (Å²) in [6.07, 6.45) is -1.99. The number of alkyl halides is 3. The number of nitrogens with zero attached hydrogens (tertiary/aromatic N) is 6. The zero-order valence-electron chi connectivity index (χ0n) is 14.2. The molecule has 1 aromatic heterocycles. The van der Waals surface area contributed by atoms with Crippen LogP contribution in [-0.4, -0.2) is 74.2 Å². The van der Waals surface area contributed by atoms with Crippen LogP contribution in [0.1, 0.15) is 25.7 Å². The number of aromatic nitrogens is 4. The topological polar surface area (TPSA) is 84.2 Å². The fourth-order valence-corrected chi connectivity index (χ4v) is 3.64. The van der Waals surface area contributed by atoms with Crippen LogP contribution in [0.2, 0.25) is 0 Å². The summed E-state index contributed by atoms with van der Waals surface area (Å²) in [5, 5.41) is 10.6. The van der Waals surface area contributed by atoms with Gasteiger partial charge in [-0.25, -0.2) is 4.68 Å². The number of halogens is 3. The van der Waals surface area contributed by atoms with Crippen molar-refractivity contribution in [2.45, 2.75) is 38.4 Å². The maximum Gasteiger partial charge on any atom is 0.391 e. The second kappa shape index (κ2) is 7.58. The van der Waals surface area contributed by atoms with Crippen LogP contribution < -0.4 is 0 Å². The fraction of sp³-hybridized carbons (Fsp3) is 0.800. The number of hydrogen-bond acceptors (Lipinski definition) is 5. The van der Waals surface area contributed by atoms with Crippen LogP contribution >= 0.6 is 0 Å². The Morgan fingerprint density at radius 1 is 1.08 bits per heavy atom. The minimum atomic E-state index is -4.24. The average Bonchev–Trinajstić information content (AvgIpc) is 3.13. The van der Waals surface area contributed by atoms with Gasteiger partial charge in [-0.15, -0.1) is 5.10 Å². The number of amides is 2. The summed E-state index contributed by atoms with van der Waals surface area (Å²) in [5.74, 6) is -2.33. The van der Waals surface area contributed by atoms with E-state index in [9.17, 15) is 22.8 Å². The van der Waals surface area contributed by atoms with Gasteiger partial charge >= 0.3 is 6.18 Å². The molecule has 11 heteroatoms. The lowest BCUT2D eigenvalue weighted by Gasteiger charge is -2.38. The number of carbonyl (C=O) groups is 2. The Morgan fingerprint density at radius 2 is 1.77 bits per heavy atom. The van der Waals surface area contributed by atoms with Crippen molar-refractivity contribution in [3.8, 4) is 0 Å². The van der Waals surface area contributed by atoms with Gasteiger partial charge in [-0.2, -0.15) is 13.2 Å². The highest BCUT2D eigenvalue weighted by Gasteiger charge is 2.44. The van der Waals surface area contributed by atoms with E-state index in [4.69, 9.17) is 0 Å². The Bertz CT molecular complexity index is 628. The first-order chi connectivity index (χ1) is 12.3. The smallest absolute Gasteiger partial charge is 0.339 e. The largest absolute Gasteiger partial charge is 0.391 e. The Balaban J connectivity index is 1.49. The van der Waals surface area contributed by atoms with Crippen molar-refractivity contribution in [3.63, 3.8) is 0 Å². The summed E-state index contributed by atoms with van der Waals surface area (Å²) >= 11 is 0. The molecule has 0 N–H and O–H groups in total. The number of carbonyl (C=O) groups excluding carboxylic acids is 2. The molecule has 1 aliphatic heterocycles. The lowest BCUT2D eigenvalue weighted by atomic mass is 9.80.